The molecule has 0 radical (unpaired) electrons. The summed E-state index contributed by atoms with van der Waals surface area (Å²) in [4.78, 5) is 11.9. The Morgan fingerprint density at radius 1 is 1.22 bits per heavy atom. The SMILES string of the molecule is COCCS(=O)(=O)c1c(C2CCC2)ccc(C(=O)O)c1C1CC1. The largest absolute Gasteiger partial charge is 0.478 e. The fourth-order valence-electron chi connectivity index (χ4n) is 3.26. The second-order valence-electron chi connectivity index (χ2n) is 6.46. The van der Waals surface area contributed by atoms with Crippen LogP contribution in [0.1, 0.15) is 65.4 Å². The number of aromatic carboxylic acids is 1. The Morgan fingerprint density at radius 3 is 2.39 bits per heavy atom. The molecule has 0 aromatic heterocycles. The van der Waals surface area contributed by atoms with Gasteiger partial charge >= 0.3 is 5.97 Å². The Labute approximate surface area is 136 Å². The smallest absolute Gasteiger partial charge is 0.336 e. The zero-order valence-electron chi connectivity index (χ0n) is 13.2. The monoisotopic (exact) mass is 338 g/mol. The molecule has 0 aliphatic heterocycles. The Morgan fingerprint density at radius 2 is 1.91 bits per heavy atom. The lowest BCUT2D eigenvalue weighted by atomic mass is 9.79. The number of carboxylic acids is 1. The van der Waals surface area contributed by atoms with Crippen molar-refractivity contribution in [1.82, 2.24) is 0 Å². The van der Waals surface area contributed by atoms with Crippen molar-refractivity contribution in [2.24, 2.45) is 0 Å². The number of hydrogen-bond acceptors (Lipinski definition) is 4. The van der Waals surface area contributed by atoms with Crippen LogP contribution in [-0.4, -0.2) is 39.0 Å². The summed E-state index contributed by atoms with van der Waals surface area (Å²) in [7, 11) is -2.08. The number of sulfone groups is 1. The summed E-state index contributed by atoms with van der Waals surface area (Å²) < 4.78 is 30.8. The number of carbonyl (C=O) groups is 1. The predicted octanol–water partition coefficient (Wildman–Crippen LogP) is 2.95. The standard InChI is InChI=1S/C17H22O5S/c1-22-9-10-23(20,21)16-13(11-3-2-4-11)7-8-14(17(18)19)15(16)12-5-6-12/h7-8,11-12H,2-6,9-10H2,1H3,(H,18,19). The van der Waals surface area contributed by atoms with Crippen molar-refractivity contribution in [3.8, 4) is 0 Å². The van der Waals surface area contributed by atoms with Crippen molar-refractivity contribution in [3.63, 3.8) is 0 Å². The van der Waals surface area contributed by atoms with E-state index in [4.69, 9.17) is 4.74 Å². The molecule has 2 aliphatic rings. The summed E-state index contributed by atoms with van der Waals surface area (Å²) in [6.07, 6.45) is 4.77. The highest BCUT2D eigenvalue weighted by Gasteiger charge is 2.38. The molecular weight excluding hydrogens is 316 g/mol. The van der Waals surface area contributed by atoms with Gasteiger partial charge in [0.05, 0.1) is 22.8 Å². The molecule has 0 amide bonds. The quantitative estimate of drug-likeness (QED) is 0.827. The lowest BCUT2D eigenvalue weighted by molar-refractivity contribution is 0.0695. The van der Waals surface area contributed by atoms with E-state index in [-0.39, 0.29) is 29.8 Å². The van der Waals surface area contributed by atoms with Gasteiger partial charge in [0.1, 0.15) is 0 Å². The third-order valence-electron chi connectivity index (χ3n) is 4.85. The maximum Gasteiger partial charge on any atom is 0.336 e. The third-order valence-corrected chi connectivity index (χ3v) is 6.64. The lowest BCUT2D eigenvalue weighted by Gasteiger charge is -2.29. The molecule has 0 saturated heterocycles. The number of hydrogen-bond donors (Lipinski definition) is 1. The summed E-state index contributed by atoms with van der Waals surface area (Å²) in [6, 6.07) is 3.32. The van der Waals surface area contributed by atoms with E-state index in [1.54, 1.807) is 12.1 Å². The minimum Gasteiger partial charge on any atom is -0.478 e. The van der Waals surface area contributed by atoms with Crippen LogP contribution in [0.4, 0.5) is 0 Å². The molecule has 1 aromatic carbocycles. The molecule has 23 heavy (non-hydrogen) atoms. The first kappa shape index (κ1) is 16.5. The molecule has 2 saturated carbocycles. The van der Waals surface area contributed by atoms with Crippen molar-refractivity contribution < 1.29 is 23.1 Å². The first-order valence-corrected chi connectivity index (χ1v) is 9.72. The Kier molecular flexibility index (Phi) is 4.47. The molecule has 0 bridgehead atoms. The molecule has 1 N–H and O–H groups in total. The van der Waals surface area contributed by atoms with Crippen LogP contribution >= 0.6 is 0 Å². The van der Waals surface area contributed by atoms with Crippen LogP contribution in [-0.2, 0) is 14.6 Å². The Balaban J connectivity index is 2.19. The van der Waals surface area contributed by atoms with Crippen LogP contribution < -0.4 is 0 Å². The zero-order valence-corrected chi connectivity index (χ0v) is 14.1. The molecule has 0 atom stereocenters. The molecule has 2 fully saturated rings. The fourth-order valence-corrected chi connectivity index (χ4v) is 5.06. The predicted molar refractivity (Wildman–Crippen MR) is 85.9 cm³/mol. The number of ether oxygens (including phenoxy) is 1. The minimum absolute atomic E-state index is 0.0634. The van der Waals surface area contributed by atoms with Gasteiger partial charge in [0.15, 0.2) is 9.84 Å². The van der Waals surface area contributed by atoms with Crippen molar-refractivity contribution in [2.75, 3.05) is 19.5 Å². The van der Waals surface area contributed by atoms with Crippen LogP contribution in [0.3, 0.4) is 0 Å². The van der Waals surface area contributed by atoms with Crippen LogP contribution in [0.5, 0.6) is 0 Å². The normalized spacial score (nSPS) is 18.7. The minimum atomic E-state index is -3.55. The summed E-state index contributed by atoms with van der Waals surface area (Å²) in [5, 5.41) is 9.49. The number of rotatable bonds is 7. The highest BCUT2D eigenvalue weighted by Crippen LogP contribution is 2.49. The van der Waals surface area contributed by atoms with E-state index in [1.807, 2.05) is 0 Å². The zero-order chi connectivity index (χ0) is 16.6. The molecule has 5 nitrogen and oxygen atoms in total. The van der Waals surface area contributed by atoms with Gasteiger partial charge in [-0.3, -0.25) is 0 Å². The number of methoxy groups -OCH3 is 1. The fraction of sp³-hybridized carbons (Fsp3) is 0.588. The van der Waals surface area contributed by atoms with Crippen LogP contribution in [0.2, 0.25) is 0 Å². The van der Waals surface area contributed by atoms with Gasteiger partial charge in [0.25, 0.3) is 0 Å². The molecule has 0 heterocycles. The summed E-state index contributed by atoms with van der Waals surface area (Å²) in [5.74, 6) is -0.849. The van der Waals surface area contributed by atoms with E-state index >= 15 is 0 Å². The lowest BCUT2D eigenvalue weighted by Crippen LogP contribution is -2.21. The first-order chi connectivity index (χ1) is 11.0. The van der Waals surface area contributed by atoms with Gasteiger partial charge in [-0.2, -0.15) is 0 Å². The van der Waals surface area contributed by atoms with Gasteiger partial charge in [0, 0.05) is 7.11 Å². The number of benzene rings is 1. The van der Waals surface area contributed by atoms with Crippen molar-refractivity contribution in [3.05, 3.63) is 28.8 Å². The highest BCUT2D eigenvalue weighted by atomic mass is 32.2. The molecule has 0 unspecified atom stereocenters. The molecule has 0 spiro atoms. The van der Waals surface area contributed by atoms with Crippen molar-refractivity contribution >= 4 is 15.8 Å². The molecule has 6 heteroatoms. The number of carboxylic acid groups (broad SMARTS) is 1. The average Bonchev–Trinajstić information content (AvgIpc) is 3.26. The molecule has 1 aromatic rings. The van der Waals surface area contributed by atoms with E-state index in [0.717, 1.165) is 37.7 Å². The van der Waals surface area contributed by atoms with Gasteiger partial charge in [-0.15, -0.1) is 0 Å². The van der Waals surface area contributed by atoms with Gasteiger partial charge in [-0.05, 0) is 54.7 Å². The summed E-state index contributed by atoms with van der Waals surface area (Å²) in [5.41, 5.74) is 1.50. The van der Waals surface area contributed by atoms with Gasteiger partial charge in [-0.25, -0.2) is 13.2 Å². The Bertz CT molecular complexity index is 715. The topological polar surface area (TPSA) is 80.7 Å². The molecule has 3 rings (SSSR count). The van der Waals surface area contributed by atoms with Crippen LogP contribution in [0, 0.1) is 0 Å². The van der Waals surface area contributed by atoms with Gasteiger partial charge in [0.2, 0.25) is 0 Å². The molecule has 126 valence electrons. The molecule has 2 aliphatic carbocycles. The van der Waals surface area contributed by atoms with Crippen molar-refractivity contribution in [1.29, 1.82) is 0 Å². The van der Waals surface area contributed by atoms with E-state index in [0.29, 0.717) is 10.5 Å². The summed E-state index contributed by atoms with van der Waals surface area (Å²) in [6.45, 7) is 0.119. The van der Waals surface area contributed by atoms with E-state index in [2.05, 4.69) is 0 Å². The van der Waals surface area contributed by atoms with Crippen LogP contribution in [0.25, 0.3) is 0 Å². The van der Waals surface area contributed by atoms with E-state index in [9.17, 15) is 18.3 Å². The van der Waals surface area contributed by atoms with Crippen LogP contribution in [0.15, 0.2) is 17.0 Å². The van der Waals surface area contributed by atoms with Crippen molar-refractivity contribution in [2.45, 2.75) is 48.8 Å². The summed E-state index contributed by atoms with van der Waals surface area (Å²) >= 11 is 0. The maximum absolute atomic E-state index is 12.9. The third kappa shape index (κ3) is 3.15. The Hall–Kier alpha value is -1.40. The molecular formula is C17H22O5S. The average molecular weight is 338 g/mol. The van der Waals surface area contributed by atoms with E-state index < -0.39 is 15.8 Å². The van der Waals surface area contributed by atoms with Gasteiger partial charge in [-0.1, -0.05) is 12.5 Å². The second-order valence-corrected chi connectivity index (χ2v) is 8.51. The van der Waals surface area contributed by atoms with Gasteiger partial charge < -0.3 is 9.84 Å². The first-order valence-electron chi connectivity index (χ1n) is 8.07. The second kappa shape index (κ2) is 6.24. The van der Waals surface area contributed by atoms with E-state index in [1.165, 1.54) is 7.11 Å². The maximum atomic E-state index is 12.9. The highest BCUT2D eigenvalue weighted by molar-refractivity contribution is 7.91.